The molecule has 4 rings (SSSR count). The van der Waals surface area contributed by atoms with Gasteiger partial charge in [-0.05, 0) is 24.3 Å². The van der Waals surface area contributed by atoms with Gasteiger partial charge in [0.05, 0.1) is 34.6 Å². The standard InChI is InChI=1S/C19H14N6O3S/c26-19(21-10-18-23-17(12-29-18)13-5-7-20-8-6-13)14-9-22-24(11-14)15-1-3-16(4-2-15)25(27)28/h1-9,11-12H,10H2,(H,21,26). The molecule has 29 heavy (non-hydrogen) atoms. The summed E-state index contributed by atoms with van der Waals surface area (Å²) in [7, 11) is 0. The average molecular weight is 406 g/mol. The molecule has 0 saturated carbocycles. The van der Waals surface area contributed by atoms with Crippen LogP contribution in [0.5, 0.6) is 0 Å². The topological polar surface area (TPSA) is 116 Å². The molecule has 9 nitrogen and oxygen atoms in total. The molecule has 4 aromatic rings. The Morgan fingerprint density at radius 2 is 1.93 bits per heavy atom. The highest BCUT2D eigenvalue weighted by Gasteiger charge is 2.12. The van der Waals surface area contributed by atoms with Gasteiger partial charge >= 0.3 is 0 Å². The van der Waals surface area contributed by atoms with Crippen LogP contribution in [-0.2, 0) is 6.54 Å². The fourth-order valence-corrected chi connectivity index (χ4v) is 3.36. The number of carbonyl (C=O) groups is 1. The zero-order chi connectivity index (χ0) is 20.2. The molecule has 3 aromatic heterocycles. The van der Waals surface area contributed by atoms with Crippen molar-refractivity contribution in [2.75, 3.05) is 0 Å². The number of nitrogens with one attached hydrogen (secondary N) is 1. The quantitative estimate of drug-likeness (QED) is 0.388. The summed E-state index contributed by atoms with van der Waals surface area (Å²) in [5, 5.41) is 20.4. The van der Waals surface area contributed by atoms with E-state index in [1.165, 1.54) is 34.3 Å². The van der Waals surface area contributed by atoms with Crippen LogP contribution in [0.1, 0.15) is 15.4 Å². The minimum absolute atomic E-state index is 0.00606. The maximum absolute atomic E-state index is 12.4. The number of nitro groups is 1. The normalized spacial score (nSPS) is 10.6. The van der Waals surface area contributed by atoms with Gasteiger partial charge in [0, 0.05) is 41.7 Å². The molecule has 10 heteroatoms. The van der Waals surface area contributed by atoms with E-state index in [1.54, 1.807) is 30.7 Å². The van der Waals surface area contributed by atoms with Gasteiger partial charge in [0.25, 0.3) is 11.6 Å². The minimum Gasteiger partial charge on any atom is -0.345 e. The van der Waals surface area contributed by atoms with E-state index < -0.39 is 4.92 Å². The zero-order valence-corrected chi connectivity index (χ0v) is 15.7. The van der Waals surface area contributed by atoms with Crippen molar-refractivity contribution in [2.45, 2.75) is 6.54 Å². The third kappa shape index (κ3) is 4.17. The minimum atomic E-state index is -0.468. The number of rotatable bonds is 6. The largest absolute Gasteiger partial charge is 0.345 e. The van der Waals surface area contributed by atoms with Crippen LogP contribution >= 0.6 is 11.3 Å². The second-order valence-corrected chi connectivity index (χ2v) is 6.93. The van der Waals surface area contributed by atoms with Crippen molar-refractivity contribution in [3.05, 3.63) is 87.3 Å². The van der Waals surface area contributed by atoms with Gasteiger partial charge in [-0.3, -0.25) is 19.9 Å². The van der Waals surface area contributed by atoms with Crippen LogP contribution in [0, 0.1) is 10.1 Å². The van der Waals surface area contributed by atoms with E-state index in [1.807, 2.05) is 17.5 Å². The molecular weight excluding hydrogens is 392 g/mol. The van der Waals surface area contributed by atoms with E-state index >= 15 is 0 Å². The van der Waals surface area contributed by atoms with E-state index in [0.29, 0.717) is 17.8 Å². The van der Waals surface area contributed by atoms with Crippen LogP contribution in [0.3, 0.4) is 0 Å². The number of benzene rings is 1. The van der Waals surface area contributed by atoms with Crippen molar-refractivity contribution in [3.8, 4) is 16.9 Å². The lowest BCUT2D eigenvalue weighted by molar-refractivity contribution is -0.384. The fraction of sp³-hybridized carbons (Fsp3) is 0.0526. The molecule has 144 valence electrons. The monoisotopic (exact) mass is 406 g/mol. The van der Waals surface area contributed by atoms with Crippen molar-refractivity contribution < 1.29 is 9.72 Å². The number of hydrogen-bond donors (Lipinski definition) is 1. The molecule has 0 fully saturated rings. The van der Waals surface area contributed by atoms with Crippen LogP contribution in [0.15, 0.2) is 66.6 Å². The first-order valence-corrected chi connectivity index (χ1v) is 9.40. The SMILES string of the molecule is O=C(NCc1nc(-c2ccncc2)cs1)c1cnn(-c2ccc([N+](=O)[O-])cc2)c1. The second kappa shape index (κ2) is 7.98. The van der Waals surface area contributed by atoms with Crippen molar-refractivity contribution in [1.82, 2.24) is 25.1 Å². The number of nitro benzene ring substituents is 1. The number of hydrogen-bond acceptors (Lipinski definition) is 7. The smallest absolute Gasteiger partial charge is 0.269 e. The number of aromatic nitrogens is 4. The maximum Gasteiger partial charge on any atom is 0.269 e. The van der Waals surface area contributed by atoms with E-state index in [2.05, 4.69) is 20.4 Å². The Kier molecular flexibility index (Phi) is 5.08. The summed E-state index contributed by atoms with van der Waals surface area (Å²) in [5.74, 6) is -0.279. The van der Waals surface area contributed by atoms with Crippen molar-refractivity contribution in [3.63, 3.8) is 0 Å². The lowest BCUT2D eigenvalue weighted by Gasteiger charge is -2.01. The lowest BCUT2D eigenvalue weighted by atomic mass is 10.2. The number of amides is 1. The molecule has 1 N–H and O–H groups in total. The van der Waals surface area contributed by atoms with Gasteiger partial charge in [0.1, 0.15) is 5.01 Å². The highest BCUT2D eigenvalue weighted by Crippen LogP contribution is 2.21. The summed E-state index contributed by atoms with van der Waals surface area (Å²) in [6, 6.07) is 9.68. The third-order valence-corrected chi connectivity index (χ3v) is 4.95. The summed E-state index contributed by atoms with van der Waals surface area (Å²) in [6.07, 6.45) is 6.43. The Hall–Kier alpha value is -3.92. The molecule has 0 unspecified atom stereocenters. The van der Waals surface area contributed by atoms with E-state index in [9.17, 15) is 14.9 Å². The molecule has 0 spiro atoms. The fourth-order valence-electron chi connectivity index (χ4n) is 2.61. The summed E-state index contributed by atoms with van der Waals surface area (Å²) in [4.78, 5) is 31.2. The lowest BCUT2D eigenvalue weighted by Crippen LogP contribution is -2.22. The Balaban J connectivity index is 1.40. The first kappa shape index (κ1) is 18.4. The molecule has 3 heterocycles. The van der Waals surface area contributed by atoms with E-state index in [-0.39, 0.29) is 11.6 Å². The molecule has 0 aliphatic heterocycles. The molecule has 0 radical (unpaired) electrons. The van der Waals surface area contributed by atoms with Crippen LogP contribution in [0.4, 0.5) is 5.69 Å². The number of pyridine rings is 1. The predicted molar refractivity (Wildman–Crippen MR) is 107 cm³/mol. The summed E-state index contributed by atoms with van der Waals surface area (Å²) in [6.45, 7) is 0.303. The summed E-state index contributed by atoms with van der Waals surface area (Å²) in [5.41, 5.74) is 2.81. The average Bonchev–Trinajstić information content (AvgIpc) is 3.43. The molecule has 0 aliphatic rings. The Morgan fingerprint density at radius 1 is 1.17 bits per heavy atom. The molecule has 0 aliphatic carbocycles. The molecule has 1 aromatic carbocycles. The van der Waals surface area contributed by atoms with E-state index in [0.717, 1.165) is 16.3 Å². The molecular formula is C19H14N6O3S. The van der Waals surface area contributed by atoms with Gasteiger partial charge in [0.2, 0.25) is 0 Å². The first-order chi connectivity index (χ1) is 14.1. The second-order valence-electron chi connectivity index (χ2n) is 5.99. The van der Waals surface area contributed by atoms with Gasteiger partial charge < -0.3 is 5.32 Å². The van der Waals surface area contributed by atoms with Gasteiger partial charge in [-0.15, -0.1) is 11.3 Å². The van der Waals surface area contributed by atoms with Crippen LogP contribution < -0.4 is 5.32 Å². The van der Waals surface area contributed by atoms with Crippen LogP contribution in [0.2, 0.25) is 0 Å². The highest BCUT2D eigenvalue weighted by molar-refractivity contribution is 7.09. The highest BCUT2D eigenvalue weighted by atomic mass is 32.1. The van der Waals surface area contributed by atoms with Gasteiger partial charge in [-0.1, -0.05) is 0 Å². The predicted octanol–water partition coefficient (Wildman–Crippen LogP) is 3.23. The van der Waals surface area contributed by atoms with Gasteiger partial charge in [-0.2, -0.15) is 5.10 Å². The number of non-ortho nitro benzene ring substituents is 1. The third-order valence-electron chi connectivity index (χ3n) is 4.10. The van der Waals surface area contributed by atoms with Crippen molar-refractivity contribution in [1.29, 1.82) is 0 Å². The zero-order valence-electron chi connectivity index (χ0n) is 14.9. The van der Waals surface area contributed by atoms with E-state index in [4.69, 9.17) is 0 Å². The summed E-state index contributed by atoms with van der Waals surface area (Å²) >= 11 is 1.47. The van der Waals surface area contributed by atoms with Crippen LogP contribution in [-0.4, -0.2) is 30.6 Å². The summed E-state index contributed by atoms with van der Waals surface area (Å²) < 4.78 is 1.49. The maximum atomic E-state index is 12.4. The van der Waals surface area contributed by atoms with Crippen LogP contribution in [0.25, 0.3) is 16.9 Å². The van der Waals surface area contributed by atoms with Crippen molar-refractivity contribution >= 4 is 22.9 Å². The number of carbonyl (C=O) groups excluding carboxylic acids is 1. The van der Waals surface area contributed by atoms with Crippen molar-refractivity contribution in [2.24, 2.45) is 0 Å². The Morgan fingerprint density at radius 3 is 2.66 bits per heavy atom. The molecule has 0 atom stereocenters. The number of thiazole rings is 1. The molecule has 0 bridgehead atoms. The van der Waals surface area contributed by atoms with Gasteiger partial charge in [0.15, 0.2) is 0 Å². The Bertz CT molecular complexity index is 1150. The number of nitrogens with zero attached hydrogens (tertiary/aromatic N) is 5. The first-order valence-electron chi connectivity index (χ1n) is 8.52. The Labute approximate surface area is 168 Å². The molecule has 1 amide bonds. The molecule has 0 saturated heterocycles. The van der Waals surface area contributed by atoms with Gasteiger partial charge in [-0.25, -0.2) is 9.67 Å².